The van der Waals surface area contributed by atoms with E-state index in [0.717, 1.165) is 0 Å². The zero-order valence-electron chi connectivity index (χ0n) is 6.05. The third-order valence-corrected chi connectivity index (χ3v) is 3.05. The first-order valence-electron chi connectivity index (χ1n) is 3.25. The second kappa shape index (κ2) is 3.02. The van der Waals surface area contributed by atoms with Gasteiger partial charge in [-0.2, -0.15) is 0 Å². The highest BCUT2D eigenvalue weighted by Crippen LogP contribution is 2.57. The maximum Gasteiger partial charge on any atom is 0.424 e. The number of hydrogen-bond acceptors (Lipinski definition) is 3. The van der Waals surface area contributed by atoms with Gasteiger partial charge in [0.15, 0.2) is 5.67 Å². The fourth-order valence-electron chi connectivity index (χ4n) is 0.669. The van der Waals surface area contributed by atoms with E-state index in [-0.39, 0.29) is 19.6 Å². The normalized spacial score (nSPS) is 45.7. The molecule has 0 unspecified atom stereocenters. The van der Waals surface area contributed by atoms with Crippen LogP contribution in [0.3, 0.4) is 0 Å². The fraction of sp³-hybridized carbons (Fsp3) is 1.00. The summed E-state index contributed by atoms with van der Waals surface area (Å²) in [5.74, 6) is 0. The molecule has 1 heterocycles. The summed E-state index contributed by atoms with van der Waals surface area (Å²) in [4.78, 5) is 0. The third kappa shape index (κ3) is 2.41. The molecule has 0 N–H and O–H groups in total. The summed E-state index contributed by atoms with van der Waals surface area (Å²) in [6.07, 6.45) is 0.268. The zero-order chi connectivity index (χ0) is 8.54. The standard InChI is InChI=1S/C5H9ClFO3P/c1-2-5(7)3-9-11(6,8)10-4-5/h2-4H2,1H3. The molecule has 0 aliphatic carbocycles. The van der Waals surface area contributed by atoms with E-state index in [4.69, 9.17) is 11.2 Å². The molecular formula is C5H9ClFO3P. The molecule has 11 heavy (non-hydrogen) atoms. The topological polar surface area (TPSA) is 35.5 Å². The van der Waals surface area contributed by atoms with Crippen molar-refractivity contribution < 1.29 is 18.0 Å². The molecule has 0 amide bonds. The van der Waals surface area contributed by atoms with Gasteiger partial charge in [-0.25, -0.2) is 8.96 Å². The molecule has 0 aromatic rings. The van der Waals surface area contributed by atoms with E-state index >= 15 is 0 Å². The molecule has 3 nitrogen and oxygen atoms in total. The Labute approximate surface area is 69.1 Å². The molecule has 0 aromatic heterocycles. The van der Waals surface area contributed by atoms with Gasteiger partial charge in [0.1, 0.15) is 0 Å². The quantitative estimate of drug-likeness (QED) is 0.613. The second-order valence-electron chi connectivity index (χ2n) is 2.48. The molecule has 0 spiro atoms. The fourth-order valence-corrected chi connectivity index (χ4v) is 1.81. The van der Waals surface area contributed by atoms with Crippen molar-refractivity contribution in [3.05, 3.63) is 0 Å². The largest absolute Gasteiger partial charge is 0.424 e. The van der Waals surface area contributed by atoms with Gasteiger partial charge in [0, 0.05) is 11.2 Å². The van der Waals surface area contributed by atoms with Gasteiger partial charge in [0.05, 0.1) is 13.2 Å². The van der Waals surface area contributed by atoms with E-state index < -0.39 is 12.6 Å². The summed E-state index contributed by atoms with van der Waals surface area (Å²) in [7, 11) is 0. The Hall–Kier alpha value is 0.370. The number of hydrogen-bond donors (Lipinski definition) is 0. The molecule has 1 aliphatic heterocycles. The molecule has 0 saturated carbocycles. The summed E-state index contributed by atoms with van der Waals surface area (Å²) in [6, 6.07) is 0. The molecule has 6 heteroatoms. The van der Waals surface area contributed by atoms with Gasteiger partial charge in [0.2, 0.25) is 0 Å². The Morgan fingerprint density at radius 2 is 2.09 bits per heavy atom. The van der Waals surface area contributed by atoms with Crippen LogP contribution < -0.4 is 0 Å². The first-order chi connectivity index (χ1) is 4.97. The van der Waals surface area contributed by atoms with E-state index in [1.165, 1.54) is 0 Å². The van der Waals surface area contributed by atoms with Crippen LogP contribution in [0.4, 0.5) is 4.39 Å². The molecule has 1 saturated heterocycles. The van der Waals surface area contributed by atoms with Gasteiger partial charge in [-0.1, -0.05) is 6.92 Å². The lowest BCUT2D eigenvalue weighted by atomic mass is 10.1. The highest BCUT2D eigenvalue weighted by Gasteiger charge is 2.40. The van der Waals surface area contributed by atoms with Gasteiger partial charge >= 0.3 is 6.95 Å². The minimum absolute atomic E-state index is 0.246. The van der Waals surface area contributed by atoms with E-state index in [1.54, 1.807) is 6.92 Å². The Kier molecular flexibility index (Phi) is 2.59. The van der Waals surface area contributed by atoms with Gasteiger partial charge < -0.3 is 0 Å². The number of alkyl halides is 1. The molecule has 0 aromatic carbocycles. The Morgan fingerprint density at radius 3 is 2.45 bits per heavy atom. The predicted molar refractivity (Wildman–Crippen MR) is 39.5 cm³/mol. The van der Waals surface area contributed by atoms with Crippen LogP contribution in [0.15, 0.2) is 0 Å². The molecule has 0 bridgehead atoms. The lowest BCUT2D eigenvalue weighted by Crippen LogP contribution is -2.36. The van der Waals surface area contributed by atoms with Crippen LogP contribution >= 0.6 is 18.2 Å². The Balaban J connectivity index is 2.54. The average molecular weight is 203 g/mol. The summed E-state index contributed by atoms with van der Waals surface area (Å²) in [5, 5.41) is 0. The van der Waals surface area contributed by atoms with Gasteiger partial charge in [-0.05, 0) is 6.42 Å². The van der Waals surface area contributed by atoms with Crippen LogP contribution in [-0.4, -0.2) is 18.9 Å². The lowest BCUT2D eigenvalue weighted by molar-refractivity contribution is -0.00938. The molecular weight excluding hydrogens is 193 g/mol. The van der Waals surface area contributed by atoms with Crippen molar-refractivity contribution >= 4 is 18.2 Å². The zero-order valence-corrected chi connectivity index (χ0v) is 7.70. The Bertz CT molecular complexity index is 186. The van der Waals surface area contributed by atoms with E-state index in [9.17, 15) is 8.96 Å². The lowest BCUT2D eigenvalue weighted by Gasteiger charge is -2.29. The van der Waals surface area contributed by atoms with Crippen LogP contribution in [0.5, 0.6) is 0 Å². The average Bonchev–Trinajstić information content (AvgIpc) is 1.97. The molecule has 1 rings (SSSR count). The number of halogens is 2. The maximum atomic E-state index is 13.2. The smallest absolute Gasteiger partial charge is 0.293 e. The van der Waals surface area contributed by atoms with Crippen LogP contribution in [0.25, 0.3) is 0 Å². The minimum Gasteiger partial charge on any atom is -0.293 e. The summed E-state index contributed by atoms with van der Waals surface area (Å²) in [6.45, 7) is -2.28. The summed E-state index contributed by atoms with van der Waals surface area (Å²) in [5.41, 5.74) is -1.52. The predicted octanol–water partition coefficient (Wildman–Crippen LogP) is 2.50. The monoisotopic (exact) mass is 202 g/mol. The van der Waals surface area contributed by atoms with E-state index in [1.807, 2.05) is 0 Å². The van der Waals surface area contributed by atoms with Crippen molar-refractivity contribution in [2.45, 2.75) is 19.0 Å². The highest BCUT2D eigenvalue weighted by molar-refractivity contribution is 7.81. The Morgan fingerprint density at radius 1 is 1.64 bits per heavy atom. The van der Waals surface area contributed by atoms with Crippen molar-refractivity contribution in [1.82, 2.24) is 0 Å². The second-order valence-corrected chi connectivity index (χ2v) is 5.10. The highest BCUT2D eigenvalue weighted by atomic mass is 35.7. The van der Waals surface area contributed by atoms with Crippen molar-refractivity contribution in [1.29, 1.82) is 0 Å². The first kappa shape index (κ1) is 9.46. The SMILES string of the molecule is CCC1(F)COP(=O)(Cl)OC1. The molecule has 1 fully saturated rings. The van der Waals surface area contributed by atoms with Gasteiger partial charge in [-0.15, -0.1) is 0 Å². The first-order valence-corrected chi connectivity index (χ1v) is 5.70. The van der Waals surface area contributed by atoms with Crippen molar-refractivity contribution in [2.24, 2.45) is 0 Å². The van der Waals surface area contributed by atoms with Gasteiger partial charge in [-0.3, -0.25) is 9.05 Å². The van der Waals surface area contributed by atoms with Crippen LogP contribution in [-0.2, 0) is 13.6 Å². The van der Waals surface area contributed by atoms with Crippen LogP contribution in [0.2, 0.25) is 0 Å². The molecule has 0 atom stereocenters. The third-order valence-electron chi connectivity index (χ3n) is 1.59. The molecule has 66 valence electrons. The molecule has 0 radical (unpaired) electrons. The van der Waals surface area contributed by atoms with E-state index in [0.29, 0.717) is 0 Å². The minimum atomic E-state index is -3.45. The molecule has 1 aliphatic rings. The van der Waals surface area contributed by atoms with Crippen molar-refractivity contribution in [3.8, 4) is 0 Å². The van der Waals surface area contributed by atoms with E-state index in [2.05, 4.69) is 9.05 Å². The summed E-state index contributed by atoms with van der Waals surface area (Å²) < 4.78 is 33.0. The summed E-state index contributed by atoms with van der Waals surface area (Å²) >= 11 is 5.20. The van der Waals surface area contributed by atoms with Crippen molar-refractivity contribution in [3.63, 3.8) is 0 Å². The van der Waals surface area contributed by atoms with Crippen LogP contribution in [0, 0.1) is 0 Å². The van der Waals surface area contributed by atoms with Gasteiger partial charge in [0.25, 0.3) is 0 Å². The van der Waals surface area contributed by atoms with Crippen LogP contribution in [0.1, 0.15) is 13.3 Å². The maximum absolute atomic E-state index is 13.2. The number of rotatable bonds is 1. The van der Waals surface area contributed by atoms with Crippen molar-refractivity contribution in [2.75, 3.05) is 13.2 Å².